The summed E-state index contributed by atoms with van der Waals surface area (Å²) < 4.78 is 11.2. The first-order chi connectivity index (χ1) is 10.4. The van der Waals surface area contributed by atoms with Crippen molar-refractivity contribution in [2.24, 2.45) is 4.99 Å². The molecule has 5 nitrogen and oxygen atoms in total. The Bertz CT molecular complexity index is 671. The van der Waals surface area contributed by atoms with Gasteiger partial charge in [-0.05, 0) is 44.0 Å². The summed E-state index contributed by atoms with van der Waals surface area (Å²) in [6.07, 6.45) is 6.76. The lowest BCUT2D eigenvalue weighted by atomic mass is 10.1. The van der Waals surface area contributed by atoms with Crippen LogP contribution in [-0.2, 0) is 6.42 Å². The van der Waals surface area contributed by atoms with E-state index in [0.717, 1.165) is 29.7 Å². The monoisotopic (exact) mass is 285 g/mol. The van der Waals surface area contributed by atoms with E-state index in [0.29, 0.717) is 12.4 Å². The fraction of sp³-hybridized carbons (Fsp3) is 0.500. The van der Waals surface area contributed by atoms with E-state index >= 15 is 0 Å². The number of likely N-dealkylation sites (tertiary alicyclic amines) is 1. The first-order valence-electron chi connectivity index (χ1n) is 7.71. The highest BCUT2D eigenvalue weighted by atomic mass is 16.5. The van der Waals surface area contributed by atoms with E-state index < -0.39 is 0 Å². The van der Waals surface area contributed by atoms with Crippen LogP contribution in [0.3, 0.4) is 0 Å². The van der Waals surface area contributed by atoms with E-state index in [1.54, 1.807) is 6.21 Å². The lowest BCUT2D eigenvalue weighted by Crippen LogP contribution is -2.31. The van der Waals surface area contributed by atoms with Crippen LogP contribution in [0.4, 0.5) is 5.82 Å². The average Bonchev–Trinajstić information content (AvgIpc) is 2.82. The van der Waals surface area contributed by atoms with Crippen molar-refractivity contribution in [1.82, 2.24) is 10.1 Å². The summed E-state index contributed by atoms with van der Waals surface area (Å²) in [4.78, 5) is 6.83. The predicted octanol–water partition coefficient (Wildman–Crippen LogP) is 2.95. The van der Waals surface area contributed by atoms with E-state index in [2.05, 4.69) is 21.1 Å². The first-order valence-corrected chi connectivity index (χ1v) is 7.71. The molecule has 2 aromatic rings. The van der Waals surface area contributed by atoms with E-state index in [1.807, 2.05) is 6.07 Å². The summed E-state index contributed by atoms with van der Waals surface area (Å²) in [7, 11) is 0. The van der Waals surface area contributed by atoms with Crippen molar-refractivity contribution in [2.45, 2.75) is 25.7 Å². The summed E-state index contributed by atoms with van der Waals surface area (Å²) in [5.41, 5.74) is 1.98. The molecular weight excluding hydrogens is 266 g/mol. The van der Waals surface area contributed by atoms with Crippen LogP contribution in [0, 0.1) is 0 Å². The Labute approximate surface area is 123 Å². The van der Waals surface area contributed by atoms with Crippen LogP contribution < -0.4 is 4.74 Å². The van der Waals surface area contributed by atoms with Crippen LogP contribution in [0.2, 0.25) is 0 Å². The van der Waals surface area contributed by atoms with Crippen molar-refractivity contribution in [3.63, 3.8) is 0 Å². The van der Waals surface area contributed by atoms with Crippen LogP contribution in [0.5, 0.6) is 5.75 Å². The number of hydrogen-bond donors (Lipinski definition) is 0. The SMILES string of the molecule is C1=Nc2noc3ccc(CCN4CCCCC4)c(c23)OC1. The summed E-state index contributed by atoms with van der Waals surface area (Å²) in [5.74, 6) is 1.54. The molecule has 2 aliphatic rings. The molecular formula is C16H19N3O2. The molecule has 5 heteroatoms. The van der Waals surface area contributed by atoms with Gasteiger partial charge in [0.05, 0.1) is 0 Å². The molecule has 2 aliphatic heterocycles. The maximum Gasteiger partial charge on any atom is 0.206 e. The Hall–Kier alpha value is -1.88. The molecule has 0 aliphatic carbocycles. The molecule has 0 saturated carbocycles. The molecule has 0 unspecified atom stereocenters. The number of hydrogen-bond acceptors (Lipinski definition) is 5. The maximum atomic E-state index is 5.88. The minimum Gasteiger partial charge on any atom is -0.487 e. The van der Waals surface area contributed by atoms with Crippen molar-refractivity contribution in [3.8, 4) is 5.75 Å². The molecule has 0 amide bonds. The average molecular weight is 285 g/mol. The topological polar surface area (TPSA) is 50.9 Å². The molecule has 1 aromatic heterocycles. The Morgan fingerprint density at radius 1 is 1.14 bits per heavy atom. The van der Waals surface area contributed by atoms with Crippen LogP contribution in [0.25, 0.3) is 11.0 Å². The minimum atomic E-state index is 0.492. The van der Waals surface area contributed by atoms with Crippen molar-refractivity contribution < 1.29 is 9.26 Å². The van der Waals surface area contributed by atoms with Gasteiger partial charge in [-0.3, -0.25) is 0 Å². The molecule has 21 heavy (non-hydrogen) atoms. The number of ether oxygens (including phenoxy) is 1. The summed E-state index contributed by atoms with van der Waals surface area (Å²) in [5, 5.41) is 4.93. The smallest absolute Gasteiger partial charge is 0.206 e. The van der Waals surface area contributed by atoms with Crippen LogP contribution >= 0.6 is 0 Å². The van der Waals surface area contributed by atoms with E-state index in [1.165, 1.54) is 37.9 Å². The fourth-order valence-corrected chi connectivity index (χ4v) is 3.19. The Balaban J connectivity index is 1.61. The van der Waals surface area contributed by atoms with Gasteiger partial charge in [-0.1, -0.05) is 17.6 Å². The molecule has 3 heterocycles. The maximum absolute atomic E-state index is 5.88. The van der Waals surface area contributed by atoms with Gasteiger partial charge >= 0.3 is 0 Å². The van der Waals surface area contributed by atoms with Crippen LogP contribution in [0.1, 0.15) is 24.8 Å². The normalized spacial score (nSPS) is 18.7. The molecule has 0 spiro atoms. The molecule has 1 aromatic carbocycles. The van der Waals surface area contributed by atoms with Gasteiger partial charge in [0.15, 0.2) is 5.58 Å². The molecule has 1 fully saturated rings. The van der Waals surface area contributed by atoms with Gasteiger partial charge in [0.2, 0.25) is 5.82 Å². The highest BCUT2D eigenvalue weighted by Crippen LogP contribution is 2.38. The van der Waals surface area contributed by atoms with Crippen LogP contribution in [0.15, 0.2) is 21.6 Å². The summed E-state index contributed by atoms with van der Waals surface area (Å²) >= 11 is 0. The van der Waals surface area contributed by atoms with Gasteiger partial charge in [-0.25, -0.2) is 4.99 Å². The fourth-order valence-electron chi connectivity index (χ4n) is 3.19. The van der Waals surface area contributed by atoms with E-state index in [-0.39, 0.29) is 0 Å². The Kier molecular flexibility index (Phi) is 3.35. The van der Waals surface area contributed by atoms with Crippen LogP contribution in [-0.4, -0.2) is 42.5 Å². The largest absolute Gasteiger partial charge is 0.487 e. The van der Waals surface area contributed by atoms with Gasteiger partial charge in [-0.2, -0.15) is 0 Å². The number of rotatable bonds is 3. The van der Waals surface area contributed by atoms with E-state index in [9.17, 15) is 0 Å². The second kappa shape index (κ2) is 5.48. The number of nitrogens with zero attached hydrogens (tertiary/aromatic N) is 3. The molecule has 0 bridgehead atoms. The van der Waals surface area contributed by atoms with E-state index in [4.69, 9.17) is 9.26 Å². The van der Waals surface area contributed by atoms with Gasteiger partial charge < -0.3 is 14.2 Å². The Morgan fingerprint density at radius 3 is 2.95 bits per heavy atom. The zero-order valence-corrected chi connectivity index (χ0v) is 12.0. The summed E-state index contributed by atoms with van der Waals surface area (Å²) in [6, 6.07) is 4.08. The minimum absolute atomic E-state index is 0.492. The molecule has 0 atom stereocenters. The second-order valence-electron chi connectivity index (χ2n) is 5.71. The molecule has 0 N–H and O–H groups in total. The number of aromatic nitrogens is 1. The van der Waals surface area contributed by atoms with Crippen molar-refractivity contribution >= 4 is 23.0 Å². The second-order valence-corrected chi connectivity index (χ2v) is 5.71. The van der Waals surface area contributed by atoms with Crippen molar-refractivity contribution in [2.75, 3.05) is 26.2 Å². The van der Waals surface area contributed by atoms with Crippen molar-refractivity contribution in [1.29, 1.82) is 0 Å². The lowest BCUT2D eigenvalue weighted by Gasteiger charge is -2.26. The van der Waals surface area contributed by atoms with Gasteiger partial charge in [0.1, 0.15) is 17.7 Å². The third-order valence-corrected chi connectivity index (χ3v) is 4.32. The molecule has 110 valence electrons. The lowest BCUT2D eigenvalue weighted by molar-refractivity contribution is 0.230. The zero-order chi connectivity index (χ0) is 14.1. The molecule has 0 radical (unpaired) electrons. The van der Waals surface area contributed by atoms with Gasteiger partial charge in [0, 0.05) is 12.8 Å². The molecule has 4 rings (SSSR count). The highest BCUT2D eigenvalue weighted by molar-refractivity contribution is 5.95. The Morgan fingerprint density at radius 2 is 2.05 bits per heavy atom. The van der Waals surface area contributed by atoms with Gasteiger partial charge in [0.25, 0.3) is 0 Å². The third kappa shape index (κ3) is 2.42. The predicted molar refractivity (Wildman–Crippen MR) is 81.7 cm³/mol. The highest BCUT2D eigenvalue weighted by Gasteiger charge is 2.19. The third-order valence-electron chi connectivity index (χ3n) is 4.32. The number of piperidine rings is 1. The quantitative estimate of drug-likeness (QED) is 0.870. The standard InChI is InChI=1S/C16H19N3O2/c1-2-8-19(9-3-1)10-6-12-4-5-13-14-15(12)20-11-7-17-16(14)18-21-13/h4-5,7H,1-3,6,8-11H2. The molecule has 1 saturated heterocycles. The number of benzene rings is 1. The van der Waals surface area contributed by atoms with Gasteiger partial charge in [-0.15, -0.1) is 0 Å². The first kappa shape index (κ1) is 12.8. The zero-order valence-electron chi connectivity index (χ0n) is 12.0. The number of aliphatic imine (C=N–C) groups is 1. The van der Waals surface area contributed by atoms with Crippen molar-refractivity contribution in [3.05, 3.63) is 17.7 Å². The summed E-state index contributed by atoms with van der Waals surface area (Å²) in [6.45, 7) is 4.02.